The van der Waals surface area contributed by atoms with Gasteiger partial charge in [0.05, 0.1) is 33.8 Å². The minimum atomic E-state index is -4.64. The fourth-order valence-corrected chi connectivity index (χ4v) is 7.41. The molecule has 0 spiro atoms. The number of rotatable bonds is 5. The number of carboxylic acids is 1. The van der Waals surface area contributed by atoms with Gasteiger partial charge in [-0.15, -0.1) is 0 Å². The highest BCUT2D eigenvalue weighted by atomic mass is 35.5. The van der Waals surface area contributed by atoms with E-state index in [1.54, 1.807) is 0 Å². The Morgan fingerprint density at radius 3 is 2.60 bits per heavy atom. The van der Waals surface area contributed by atoms with E-state index in [0.29, 0.717) is 0 Å². The molecule has 7 nitrogen and oxygen atoms in total. The fraction of sp³-hybridized carbons (Fsp3) is 0.471. The van der Waals surface area contributed by atoms with Crippen LogP contribution in [-0.2, 0) is 25.6 Å². The average molecular weight is 485 g/mol. The molecule has 164 valence electrons. The van der Waals surface area contributed by atoms with Crippen LogP contribution in [-0.4, -0.2) is 53.4 Å². The molecule has 0 unspecified atom stereocenters. The van der Waals surface area contributed by atoms with Gasteiger partial charge in [0, 0.05) is 18.1 Å². The molecule has 30 heavy (non-hydrogen) atoms. The molecule has 3 rings (SSSR count). The second-order valence-corrected chi connectivity index (χ2v) is 10.6. The molecule has 2 aliphatic heterocycles. The van der Waals surface area contributed by atoms with Gasteiger partial charge < -0.3 is 10.0 Å². The van der Waals surface area contributed by atoms with Crippen LogP contribution < -0.4 is 4.90 Å². The van der Waals surface area contributed by atoms with Crippen LogP contribution in [0.1, 0.15) is 24.8 Å². The van der Waals surface area contributed by atoms with Gasteiger partial charge in [0.25, 0.3) is 0 Å². The van der Waals surface area contributed by atoms with Crippen LogP contribution in [0.4, 0.5) is 18.9 Å². The van der Waals surface area contributed by atoms with Gasteiger partial charge in [0.15, 0.2) is 15.0 Å². The Morgan fingerprint density at radius 1 is 1.27 bits per heavy atom. The van der Waals surface area contributed by atoms with E-state index in [9.17, 15) is 31.2 Å². The number of hydrogen-bond acceptors (Lipinski definition) is 5. The molecule has 2 fully saturated rings. The van der Waals surface area contributed by atoms with Crippen LogP contribution in [0.25, 0.3) is 0 Å². The standard InChI is InChI=1S/C17H16ClF3N2O5S2/c18-10-5-4-9(17(19,20)21)6-11(10)23-12-7-30(27,28)8-13(12)29-16(23)22-14(24)2-1-3-15(25)26/h4-6,12-13H,1-3,7-8H2,(H,25,26)/t12-,13-/m0/s1. The lowest BCUT2D eigenvalue weighted by Gasteiger charge is -2.26. The monoisotopic (exact) mass is 484 g/mol. The van der Waals surface area contributed by atoms with E-state index >= 15 is 0 Å². The molecule has 2 aliphatic rings. The lowest BCUT2D eigenvalue weighted by molar-refractivity contribution is -0.138. The molecule has 0 radical (unpaired) electrons. The molecule has 13 heteroatoms. The minimum absolute atomic E-state index is 0.0421. The molecule has 1 aromatic rings. The zero-order valence-corrected chi connectivity index (χ0v) is 17.6. The predicted octanol–water partition coefficient (Wildman–Crippen LogP) is 3.22. The molecule has 2 saturated heterocycles. The number of aliphatic imine (C=N–C) groups is 1. The predicted molar refractivity (Wildman–Crippen MR) is 107 cm³/mol. The summed E-state index contributed by atoms with van der Waals surface area (Å²) in [6, 6.07) is 1.96. The van der Waals surface area contributed by atoms with E-state index in [0.717, 1.165) is 30.0 Å². The first-order chi connectivity index (χ1) is 13.9. The summed E-state index contributed by atoms with van der Waals surface area (Å²) < 4.78 is 63.7. The summed E-state index contributed by atoms with van der Waals surface area (Å²) in [4.78, 5) is 28.0. The lowest BCUT2D eigenvalue weighted by Crippen LogP contribution is -2.38. The maximum atomic E-state index is 13.2. The summed E-state index contributed by atoms with van der Waals surface area (Å²) in [5.74, 6) is -2.21. The number of anilines is 1. The fourth-order valence-electron chi connectivity index (χ4n) is 3.27. The lowest BCUT2D eigenvalue weighted by atomic mass is 10.1. The van der Waals surface area contributed by atoms with E-state index in [1.165, 1.54) is 4.90 Å². The van der Waals surface area contributed by atoms with Crippen molar-refractivity contribution in [3.05, 3.63) is 28.8 Å². The number of halogens is 4. The number of fused-ring (bicyclic) bond motifs is 1. The van der Waals surface area contributed by atoms with Gasteiger partial charge in [-0.05, 0) is 24.6 Å². The van der Waals surface area contributed by atoms with Crippen molar-refractivity contribution in [1.82, 2.24) is 0 Å². The van der Waals surface area contributed by atoms with E-state index in [2.05, 4.69) is 4.99 Å². The molecule has 0 bridgehead atoms. The molecule has 2 atom stereocenters. The topological polar surface area (TPSA) is 104 Å². The Hall–Kier alpha value is -1.79. The molecule has 1 N–H and O–H groups in total. The number of hydrogen-bond donors (Lipinski definition) is 1. The summed E-state index contributed by atoms with van der Waals surface area (Å²) in [6.45, 7) is 0. The zero-order chi connectivity index (χ0) is 22.3. The van der Waals surface area contributed by atoms with Crippen molar-refractivity contribution < 1.29 is 36.3 Å². The van der Waals surface area contributed by atoms with Crippen molar-refractivity contribution in [3.63, 3.8) is 0 Å². The van der Waals surface area contributed by atoms with E-state index in [1.807, 2.05) is 0 Å². The normalized spacial score (nSPS) is 24.3. The first-order valence-electron chi connectivity index (χ1n) is 8.74. The minimum Gasteiger partial charge on any atom is -0.481 e. The Kier molecular flexibility index (Phi) is 6.40. The quantitative estimate of drug-likeness (QED) is 0.684. The number of carbonyl (C=O) groups excluding carboxylic acids is 1. The van der Waals surface area contributed by atoms with Crippen molar-refractivity contribution in [2.75, 3.05) is 16.4 Å². The van der Waals surface area contributed by atoms with E-state index in [-0.39, 0.29) is 46.6 Å². The molecule has 0 saturated carbocycles. The summed E-state index contributed by atoms with van der Waals surface area (Å²) in [6.07, 6.45) is -4.97. The van der Waals surface area contributed by atoms with Crippen LogP contribution in [0.5, 0.6) is 0 Å². The number of alkyl halides is 3. The SMILES string of the molecule is O=C(O)CCCC(=O)N=C1S[C@H]2CS(=O)(=O)C[C@@H]2N1c1cc(C(F)(F)F)ccc1Cl. The first kappa shape index (κ1) is 22.9. The highest BCUT2D eigenvalue weighted by molar-refractivity contribution is 8.16. The average Bonchev–Trinajstić information content (AvgIpc) is 3.05. The summed E-state index contributed by atoms with van der Waals surface area (Å²) in [7, 11) is -3.41. The summed E-state index contributed by atoms with van der Waals surface area (Å²) in [5, 5.41) is 8.17. The molecule has 0 aromatic heterocycles. The van der Waals surface area contributed by atoms with Crippen LogP contribution >= 0.6 is 23.4 Å². The number of carboxylic acid groups (broad SMARTS) is 1. The van der Waals surface area contributed by atoms with Crippen molar-refractivity contribution in [2.24, 2.45) is 4.99 Å². The Balaban J connectivity index is 1.97. The summed E-state index contributed by atoms with van der Waals surface area (Å²) in [5.41, 5.74) is -1.05. The van der Waals surface area contributed by atoms with Gasteiger partial charge in [-0.25, -0.2) is 8.42 Å². The highest BCUT2D eigenvalue weighted by Crippen LogP contribution is 2.44. The number of nitrogens with zero attached hydrogens (tertiary/aromatic N) is 2. The third-order valence-corrected chi connectivity index (χ3v) is 8.13. The van der Waals surface area contributed by atoms with E-state index in [4.69, 9.17) is 16.7 Å². The van der Waals surface area contributed by atoms with Gasteiger partial charge in [-0.2, -0.15) is 18.2 Å². The third-order valence-electron chi connectivity index (χ3n) is 4.60. The van der Waals surface area contributed by atoms with Crippen molar-refractivity contribution >= 4 is 55.9 Å². The first-order valence-corrected chi connectivity index (χ1v) is 11.8. The van der Waals surface area contributed by atoms with E-state index < -0.39 is 44.7 Å². The van der Waals surface area contributed by atoms with Crippen LogP contribution in [0.15, 0.2) is 23.2 Å². The molecule has 1 aromatic carbocycles. The Bertz CT molecular complexity index is 1010. The van der Waals surface area contributed by atoms with Gasteiger partial charge >= 0.3 is 12.1 Å². The van der Waals surface area contributed by atoms with Crippen LogP contribution in [0.3, 0.4) is 0 Å². The highest BCUT2D eigenvalue weighted by Gasteiger charge is 2.50. The maximum Gasteiger partial charge on any atom is 0.416 e. The Labute approximate surface area is 179 Å². The molecular weight excluding hydrogens is 469 g/mol. The molecule has 1 amide bonds. The largest absolute Gasteiger partial charge is 0.481 e. The smallest absolute Gasteiger partial charge is 0.416 e. The molecule has 0 aliphatic carbocycles. The number of amides is 1. The van der Waals surface area contributed by atoms with Crippen molar-refractivity contribution in [2.45, 2.75) is 36.7 Å². The van der Waals surface area contributed by atoms with Crippen LogP contribution in [0, 0.1) is 0 Å². The maximum absolute atomic E-state index is 13.2. The van der Waals surface area contributed by atoms with Crippen LogP contribution in [0.2, 0.25) is 5.02 Å². The third kappa shape index (κ3) is 5.09. The zero-order valence-electron chi connectivity index (χ0n) is 15.2. The van der Waals surface area contributed by atoms with Gasteiger partial charge in [-0.3, -0.25) is 9.59 Å². The number of carbonyl (C=O) groups is 2. The number of thioether (sulfide) groups is 1. The van der Waals surface area contributed by atoms with Gasteiger partial charge in [-0.1, -0.05) is 23.4 Å². The number of amidine groups is 1. The molecular formula is C17H16ClF3N2O5S2. The second kappa shape index (κ2) is 8.39. The number of benzene rings is 1. The van der Waals surface area contributed by atoms with Crippen molar-refractivity contribution in [1.29, 1.82) is 0 Å². The van der Waals surface area contributed by atoms with Gasteiger partial charge in [0.2, 0.25) is 5.91 Å². The van der Waals surface area contributed by atoms with Gasteiger partial charge in [0.1, 0.15) is 0 Å². The number of sulfone groups is 1. The molecule has 2 heterocycles. The Morgan fingerprint density at radius 2 is 1.97 bits per heavy atom. The number of aliphatic carboxylic acids is 1. The summed E-state index contributed by atoms with van der Waals surface area (Å²) >= 11 is 7.13. The van der Waals surface area contributed by atoms with Crippen molar-refractivity contribution in [3.8, 4) is 0 Å². The second-order valence-electron chi connectivity index (χ2n) is 6.87.